The average Bonchev–Trinajstić information content (AvgIpc) is 2.79. The van der Waals surface area contributed by atoms with Gasteiger partial charge in [-0.2, -0.15) is 0 Å². The van der Waals surface area contributed by atoms with Gasteiger partial charge in [0.15, 0.2) is 5.82 Å². The van der Waals surface area contributed by atoms with Crippen LogP contribution in [0.4, 0.5) is 0 Å². The number of hydrogen-bond acceptors (Lipinski definition) is 5. The largest absolute Gasteiger partial charge is 0.367 e. The van der Waals surface area contributed by atoms with Crippen LogP contribution in [-0.4, -0.2) is 29.3 Å². The minimum atomic E-state index is -3.93. The maximum Gasteiger partial charge on any atom is 0.296 e. The summed E-state index contributed by atoms with van der Waals surface area (Å²) < 4.78 is 30.5. The van der Waals surface area contributed by atoms with Crippen molar-refractivity contribution in [2.45, 2.75) is 63.4 Å². The van der Waals surface area contributed by atoms with E-state index in [0.29, 0.717) is 5.82 Å². The zero-order valence-corrected chi connectivity index (χ0v) is 13.0. The Morgan fingerprint density at radius 2 is 1.95 bits per heavy atom. The Kier molecular flexibility index (Phi) is 3.66. The van der Waals surface area contributed by atoms with Crippen LogP contribution < -0.4 is 0 Å². The van der Waals surface area contributed by atoms with E-state index in [2.05, 4.69) is 10.2 Å². The van der Waals surface area contributed by atoms with Gasteiger partial charge in [0, 0.05) is 16.2 Å². The van der Waals surface area contributed by atoms with E-state index >= 15 is 0 Å². The molecule has 1 aromatic heterocycles. The van der Waals surface area contributed by atoms with Crippen molar-refractivity contribution in [2.24, 2.45) is 0 Å². The number of hydrogen-bond donors (Lipinski definition) is 0. The molecular formula is C11H18ClN3O3S. The maximum atomic E-state index is 11.6. The van der Waals surface area contributed by atoms with Crippen LogP contribution in [0, 0.1) is 0 Å². The number of halogens is 1. The molecule has 6 nitrogen and oxygen atoms in total. The third-order valence-electron chi connectivity index (χ3n) is 3.07. The lowest BCUT2D eigenvalue weighted by Gasteiger charge is -2.25. The van der Waals surface area contributed by atoms with Crippen molar-refractivity contribution in [1.82, 2.24) is 14.8 Å². The van der Waals surface area contributed by atoms with E-state index in [9.17, 15) is 8.42 Å². The highest BCUT2D eigenvalue weighted by atomic mass is 35.7. The van der Waals surface area contributed by atoms with E-state index in [4.69, 9.17) is 15.4 Å². The van der Waals surface area contributed by atoms with Gasteiger partial charge in [-0.05, 0) is 40.5 Å². The fourth-order valence-corrected chi connectivity index (χ4v) is 3.29. The number of aromatic nitrogens is 3. The van der Waals surface area contributed by atoms with Crippen LogP contribution in [0.15, 0.2) is 5.16 Å². The second-order valence-electron chi connectivity index (χ2n) is 5.80. The van der Waals surface area contributed by atoms with Crippen molar-refractivity contribution in [3.05, 3.63) is 5.82 Å². The summed E-state index contributed by atoms with van der Waals surface area (Å²) in [6.45, 7) is 7.62. The lowest BCUT2D eigenvalue weighted by molar-refractivity contribution is 0.0449. The molecule has 0 aromatic carbocycles. The molecule has 0 aliphatic carbocycles. The van der Waals surface area contributed by atoms with Crippen LogP contribution in [0.3, 0.4) is 0 Å². The lowest BCUT2D eigenvalue weighted by Crippen LogP contribution is -2.28. The molecule has 1 aliphatic rings. The smallest absolute Gasteiger partial charge is 0.296 e. The summed E-state index contributed by atoms with van der Waals surface area (Å²) >= 11 is 0. The van der Waals surface area contributed by atoms with Gasteiger partial charge in [0.1, 0.15) is 6.10 Å². The predicted molar refractivity (Wildman–Crippen MR) is 70.6 cm³/mol. The summed E-state index contributed by atoms with van der Waals surface area (Å²) in [5.41, 5.74) is -0.495. The molecule has 8 heteroatoms. The molecule has 2 heterocycles. The maximum absolute atomic E-state index is 11.6. The zero-order valence-electron chi connectivity index (χ0n) is 11.4. The zero-order chi connectivity index (χ0) is 14.4. The summed E-state index contributed by atoms with van der Waals surface area (Å²) in [4.78, 5) is 0. The van der Waals surface area contributed by atoms with Gasteiger partial charge in [-0.25, -0.2) is 8.42 Å². The lowest BCUT2D eigenvalue weighted by atomic mass is 10.1. The van der Waals surface area contributed by atoms with Gasteiger partial charge in [-0.1, -0.05) is 0 Å². The van der Waals surface area contributed by atoms with Gasteiger partial charge in [0.25, 0.3) is 14.2 Å². The van der Waals surface area contributed by atoms with Crippen LogP contribution in [0.5, 0.6) is 0 Å². The molecule has 0 bridgehead atoms. The van der Waals surface area contributed by atoms with E-state index < -0.39 is 14.6 Å². The van der Waals surface area contributed by atoms with Crippen LogP contribution in [0.1, 0.15) is 52.5 Å². The number of rotatable bonds is 2. The van der Waals surface area contributed by atoms with Gasteiger partial charge in [-0.3, -0.25) is 4.57 Å². The summed E-state index contributed by atoms with van der Waals surface area (Å²) in [6.07, 6.45) is 1.64. The van der Waals surface area contributed by atoms with Crippen molar-refractivity contribution >= 4 is 19.7 Å². The third kappa shape index (κ3) is 2.93. The average molecular weight is 308 g/mol. The number of nitrogens with zero attached hydrogens (tertiary/aromatic N) is 3. The second-order valence-corrected chi connectivity index (χ2v) is 8.26. The van der Waals surface area contributed by atoms with Gasteiger partial charge in [-0.15, -0.1) is 10.2 Å². The monoisotopic (exact) mass is 307 g/mol. The summed E-state index contributed by atoms with van der Waals surface area (Å²) in [5, 5.41) is 7.50. The van der Waals surface area contributed by atoms with Crippen molar-refractivity contribution in [1.29, 1.82) is 0 Å². The van der Waals surface area contributed by atoms with Crippen molar-refractivity contribution < 1.29 is 13.2 Å². The molecule has 0 amide bonds. The molecule has 2 rings (SSSR count). The quantitative estimate of drug-likeness (QED) is 0.783. The van der Waals surface area contributed by atoms with Crippen molar-refractivity contribution in [3.8, 4) is 0 Å². The minimum absolute atomic E-state index is 0.145. The first-order chi connectivity index (χ1) is 8.60. The Balaban J connectivity index is 2.54. The molecule has 108 valence electrons. The molecule has 1 fully saturated rings. The third-order valence-corrected chi connectivity index (χ3v) is 4.18. The first-order valence-electron chi connectivity index (χ1n) is 6.16. The summed E-state index contributed by atoms with van der Waals surface area (Å²) in [5.74, 6) is 0.524. The molecule has 1 saturated heterocycles. The molecule has 0 spiro atoms. The SMILES string of the molecule is CC1CCC(c2nnc(S(=O)(=O)Cl)n2C(C)(C)C)O1. The molecule has 1 aliphatic heterocycles. The molecule has 19 heavy (non-hydrogen) atoms. The van der Waals surface area contributed by atoms with Gasteiger partial charge < -0.3 is 4.74 Å². The Labute approximate surface area is 117 Å². The Hall–Kier alpha value is -0.660. The van der Waals surface area contributed by atoms with Crippen molar-refractivity contribution in [3.63, 3.8) is 0 Å². The molecule has 1 aromatic rings. The summed E-state index contributed by atoms with van der Waals surface area (Å²) in [7, 11) is 1.49. The van der Waals surface area contributed by atoms with E-state index in [1.165, 1.54) is 0 Å². The predicted octanol–water partition coefficient (Wildman–Crippen LogP) is 2.20. The van der Waals surface area contributed by atoms with Crippen LogP contribution in [0.25, 0.3) is 0 Å². The van der Waals surface area contributed by atoms with Gasteiger partial charge in [0.2, 0.25) is 0 Å². The Morgan fingerprint density at radius 1 is 1.32 bits per heavy atom. The topological polar surface area (TPSA) is 74.1 Å². The highest BCUT2D eigenvalue weighted by Crippen LogP contribution is 2.35. The Bertz CT molecular complexity index is 576. The first-order valence-corrected chi connectivity index (χ1v) is 8.47. The van der Waals surface area contributed by atoms with Crippen LogP contribution in [0.2, 0.25) is 0 Å². The van der Waals surface area contributed by atoms with E-state index in [1.54, 1.807) is 4.57 Å². The summed E-state index contributed by atoms with van der Waals surface area (Å²) in [6, 6.07) is 0. The van der Waals surface area contributed by atoms with Crippen LogP contribution in [-0.2, 0) is 19.3 Å². The highest BCUT2D eigenvalue weighted by molar-refractivity contribution is 8.13. The molecule has 0 N–H and O–H groups in total. The molecule has 0 saturated carbocycles. The van der Waals surface area contributed by atoms with Crippen molar-refractivity contribution in [2.75, 3.05) is 0 Å². The standard InChI is InChI=1S/C11H18ClN3O3S/c1-7-5-6-8(18-7)9-13-14-10(19(12,16)17)15(9)11(2,3)4/h7-8H,5-6H2,1-4H3. The second kappa shape index (κ2) is 4.71. The Morgan fingerprint density at radius 3 is 2.37 bits per heavy atom. The normalized spacial score (nSPS) is 24.9. The highest BCUT2D eigenvalue weighted by Gasteiger charge is 2.35. The van der Waals surface area contributed by atoms with E-state index in [1.807, 2.05) is 27.7 Å². The molecule has 0 radical (unpaired) electrons. The molecule has 2 atom stereocenters. The first kappa shape index (κ1) is 14.7. The molecule has 2 unspecified atom stereocenters. The van der Waals surface area contributed by atoms with Gasteiger partial charge in [0.05, 0.1) is 6.10 Å². The van der Waals surface area contributed by atoms with E-state index in [-0.39, 0.29) is 17.4 Å². The fraction of sp³-hybridized carbons (Fsp3) is 0.818. The number of ether oxygens (including phenoxy) is 1. The van der Waals surface area contributed by atoms with Crippen LogP contribution >= 0.6 is 10.7 Å². The fourth-order valence-electron chi connectivity index (χ4n) is 2.27. The minimum Gasteiger partial charge on any atom is -0.367 e. The molecular weight excluding hydrogens is 290 g/mol. The van der Waals surface area contributed by atoms with Gasteiger partial charge >= 0.3 is 0 Å². The van der Waals surface area contributed by atoms with E-state index in [0.717, 1.165) is 12.8 Å².